The first-order valence-corrected chi connectivity index (χ1v) is 8.33. The molecule has 6 nitrogen and oxygen atoms in total. The summed E-state index contributed by atoms with van der Waals surface area (Å²) in [6.45, 7) is 1.49. The van der Waals surface area contributed by atoms with E-state index >= 15 is 0 Å². The molecule has 0 fully saturated rings. The average Bonchev–Trinajstić information content (AvgIpc) is 2.30. The number of rotatable bonds is 6. The maximum Gasteiger partial charge on any atom is 0.243 e. The molecule has 1 atom stereocenters. The highest BCUT2D eigenvalue weighted by atomic mass is 79.9. The molecule has 1 rings (SSSR count). The summed E-state index contributed by atoms with van der Waals surface area (Å²) in [7, 11) is -0.623. The van der Waals surface area contributed by atoms with Crippen LogP contribution in [0.15, 0.2) is 21.5 Å². The monoisotopic (exact) mass is 383 g/mol. The van der Waals surface area contributed by atoms with Crippen LogP contribution < -0.4 is 10.5 Å². The van der Waals surface area contributed by atoms with Crippen molar-refractivity contribution < 1.29 is 17.9 Å². The Morgan fingerprint density at radius 1 is 1.48 bits per heavy atom. The standard InChI is InChI=1S/C12H19BrFN3O3S/c1-12(18,7-17(2)3)6-16-21(19,20)10-5-8(15)4-9(13)11(10)14/h4-5,16,18H,6-7,15H2,1-3H3. The summed E-state index contributed by atoms with van der Waals surface area (Å²) < 4.78 is 40.3. The lowest BCUT2D eigenvalue weighted by Crippen LogP contribution is -2.47. The molecule has 0 bridgehead atoms. The molecule has 4 N–H and O–H groups in total. The van der Waals surface area contributed by atoms with Crippen molar-refractivity contribution >= 4 is 31.6 Å². The number of anilines is 1. The third-order valence-electron chi connectivity index (χ3n) is 2.61. The van der Waals surface area contributed by atoms with E-state index in [0.29, 0.717) is 0 Å². The third kappa shape index (κ3) is 5.19. The van der Waals surface area contributed by atoms with E-state index in [1.165, 1.54) is 13.0 Å². The predicted octanol–water partition coefficient (Wildman–Crippen LogP) is 0.761. The Morgan fingerprint density at radius 2 is 2.05 bits per heavy atom. The lowest BCUT2D eigenvalue weighted by atomic mass is 10.1. The van der Waals surface area contributed by atoms with Crippen molar-refractivity contribution in [3.05, 3.63) is 22.4 Å². The molecule has 1 unspecified atom stereocenters. The summed E-state index contributed by atoms with van der Waals surface area (Å²) in [6.07, 6.45) is 0. The lowest BCUT2D eigenvalue weighted by Gasteiger charge is -2.27. The molecule has 0 heterocycles. The van der Waals surface area contributed by atoms with Gasteiger partial charge in [0.25, 0.3) is 0 Å². The summed E-state index contributed by atoms with van der Waals surface area (Å²) in [5.41, 5.74) is 4.36. The molecular formula is C12H19BrFN3O3S. The second-order valence-corrected chi connectivity index (χ2v) is 7.96. The fraction of sp³-hybridized carbons (Fsp3) is 0.500. The van der Waals surface area contributed by atoms with Gasteiger partial charge < -0.3 is 15.7 Å². The van der Waals surface area contributed by atoms with E-state index in [4.69, 9.17) is 5.73 Å². The van der Waals surface area contributed by atoms with E-state index in [1.807, 2.05) is 0 Å². The van der Waals surface area contributed by atoms with Crippen molar-refractivity contribution in [3.63, 3.8) is 0 Å². The van der Waals surface area contributed by atoms with E-state index in [0.717, 1.165) is 6.07 Å². The van der Waals surface area contributed by atoms with Gasteiger partial charge in [-0.25, -0.2) is 17.5 Å². The van der Waals surface area contributed by atoms with E-state index in [9.17, 15) is 17.9 Å². The van der Waals surface area contributed by atoms with Gasteiger partial charge in [-0.3, -0.25) is 0 Å². The highest BCUT2D eigenvalue weighted by Crippen LogP contribution is 2.26. The molecule has 0 spiro atoms. The Labute approximate surface area is 132 Å². The summed E-state index contributed by atoms with van der Waals surface area (Å²) >= 11 is 2.91. The van der Waals surface area contributed by atoms with Gasteiger partial charge in [-0.05, 0) is 49.1 Å². The molecule has 0 amide bonds. The van der Waals surface area contributed by atoms with Crippen molar-refractivity contribution in [1.82, 2.24) is 9.62 Å². The second-order valence-electron chi connectivity index (χ2n) is 5.37. The number of nitrogen functional groups attached to an aromatic ring is 1. The number of nitrogens with one attached hydrogen (secondary N) is 1. The average molecular weight is 384 g/mol. The van der Waals surface area contributed by atoms with Crippen molar-refractivity contribution in [2.45, 2.75) is 17.4 Å². The number of hydrogen-bond acceptors (Lipinski definition) is 5. The van der Waals surface area contributed by atoms with Crippen molar-refractivity contribution in [2.75, 3.05) is 32.9 Å². The summed E-state index contributed by atoms with van der Waals surface area (Å²) in [4.78, 5) is 1.15. The highest BCUT2D eigenvalue weighted by molar-refractivity contribution is 9.10. The number of nitrogens with zero attached hydrogens (tertiary/aromatic N) is 1. The fourth-order valence-electron chi connectivity index (χ4n) is 1.84. The van der Waals surface area contributed by atoms with Crippen LogP contribution in [-0.4, -0.2) is 51.2 Å². The molecule has 0 saturated carbocycles. The molecule has 21 heavy (non-hydrogen) atoms. The quantitative estimate of drug-likeness (QED) is 0.630. The smallest absolute Gasteiger partial charge is 0.243 e. The first-order chi connectivity index (χ1) is 9.44. The van der Waals surface area contributed by atoms with Gasteiger partial charge in [-0.2, -0.15) is 0 Å². The van der Waals surface area contributed by atoms with Gasteiger partial charge in [0.15, 0.2) is 5.82 Å². The maximum atomic E-state index is 13.9. The summed E-state index contributed by atoms with van der Waals surface area (Å²) in [5.74, 6) is -0.927. The molecule has 1 aromatic rings. The minimum absolute atomic E-state index is 0.0390. The van der Waals surface area contributed by atoms with E-state index in [2.05, 4.69) is 20.7 Å². The summed E-state index contributed by atoms with van der Waals surface area (Å²) in [6, 6.07) is 2.31. The van der Waals surface area contributed by atoms with Crippen LogP contribution in [0.2, 0.25) is 0 Å². The van der Waals surface area contributed by atoms with E-state index in [-0.39, 0.29) is 23.2 Å². The molecule has 0 radical (unpaired) electrons. The Bertz CT molecular complexity index is 620. The summed E-state index contributed by atoms with van der Waals surface area (Å²) in [5, 5.41) is 10.1. The molecular weight excluding hydrogens is 365 g/mol. The first-order valence-electron chi connectivity index (χ1n) is 6.06. The number of sulfonamides is 1. The van der Waals surface area contributed by atoms with Gasteiger partial charge >= 0.3 is 0 Å². The van der Waals surface area contributed by atoms with Crippen LogP contribution in [0, 0.1) is 5.82 Å². The lowest BCUT2D eigenvalue weighted by molar-refractivity contribution is 0.0386. The maximum absolute atomic E-state index is 13.9. The highest BCUT2D eigenvalue weighted by Gasteiger charge is 2.27. The molecule has 0 aliphatic rings. The Morgan fingerprint density at radius 3 is 2.57 bits per heavy atom. The molecule has 120 valence electrons. The number of nitrogens with two attached hydrogens (primary N) is 1. The Kier molecular flexibility index (Phi) is 5.73. The predicted molar refractivity (Wildman–Crippen MR) is 82.9 cm³/mol. The zero-order chi connectivity index (χ0) is 16.4. The van der Waals surface area contributed by atoms with Crippen LogP contribution in [0.3, 0.4) is 0 Å². The van der Waals surface area contributed by atoms with Crippen molar-refractivity contribution in [2.24, 2.45) is 0 Å². The largest absolute Gasteiger partial charge is 0.399 e. The minimum atomic E-state index is -4.12. The molecule has 0 aliphatic heterocycles. The Hall–Kier alpha value is -0.740. The molecule has 0 aliphatic carbocycles. The number of likely N-dealkylation sites (N-methyl/N-ethyl adjacent to an activating group) is 1. The van der Waals surface area contributed by atoms with Crippen LogP contribution >= 0.6 is 15.9 Å². The topological polar surface area (TPSA) is 95.7 Å². The number of halogens is 2. The first kappa shape index (κ1) is 18.3. The molecule has 1 aromatic carbocycles. The van der Waals surface area contributed by atoms with Crippen LogP contribution in [0.4, 0.5) is 10.1 Å². The van der Waals surface area contributed by atoms with Crippen LogP contribution in [-0.2, 0) is 10.0 Å². The second kappa shape index (κ2) is 6.57. The molecule has 0 saturated heterocycles. The third-order valence-corrected chi connectivity index (χ3v) is 4.58. The van der Waals surface area contributed by atoms with Gasteiger partial charge in [0, 0.05) is 18.8 Å². The minimum Gasteiger partial charge on any atom is -0.399 e. The zero-order valence-corrected chi connectivity index (χ0v) is 14.4. The molecule has 0 aromatic heterocycles. The number of hydrogen-bond donors (Lipinski definition) is 3. The van der Waals surface area contributed by atoms with Crippen LogP contribution in [0.25, 0.3) is 0 Å². The van der Waals surface area contributed by atoms with Crippen LogP contribution in [0.1, 0.15) is 6.92 Å². The van der Waals surface area contributed by atoms with Gasteiger partial charge in [0.1, 0.15) is 4.90 Å². The fourth-order valence-corrected chi connectivity index (χ4v) is 3.75. The van der Waals surface area contributed by atoms with E-state index in [1.54, 1.807) is 19.0 Å². The van der Waals surface area contributed by atoms with Gasteiger partial charge in [-0.1, -0.05) is 0 Å². The SMILES string of the molecule is CN(C)CC(C)(O)CNS(=O)(=O)c1cc(N)cc(Br)c1F. The van der Waals surface area contributed by atoms with Gasteiger partial charge in [0.2, 0.25) is 10.0 Å². The number of aliphatic hydroxyl groups is 1. The molecule has 9 heteroatoms. The van der Waals surface area contributed by atoms with Crippen molar-refractivity contribution in [1.29, 1.82) is 0 Å². The van der Waals surface area contributed by atoms with E-state index < -0.39 is 26.3 Å². The Balaban J connectivity index is 2.98. The van der Waals surface area contributed by atoms with Crippen molar-refractivity contribution in [3.8, 4) is 0 Å². The number of benzene rings is 1. The van der Waals surface area contributed by atoms with Crippen LogP contribution in [0.5, 0.6) is 0 Å². The normalized spacial score (nSPS) is 15.2. The van der Waals surface area contributed by atoms with Gasteiger partial charge in [-0.15, -0.1) is 0 Å². The van der Waals surface area contributed by atoms with Gasteiger partial charge in [0.05, 0.1) is 10.1 Å². The zero-order valence-electron chi connectivity index (χ0n) is 12.0.